The van der Waals surface area contributed by atoms with Gasteiger partial charge in [-0.05, 0) is 48.7 Å². The average Bonchev–Trinajstić information content (AvgIpc) is 3.06. The van der Waals surface area contributed by atoms with Crippen LogP contribution in [-0.2, 0) is 16.1 Å². The average molecular weight is 418 g/mol. The SMILES string of the molecule is CC(C)Cn1ccc2cc(NC(=O)CC[C@H]3NC(=O)c4ccccc4NC3=O)ccc21. The summed E-state index contributed by atoms with van der Waals surface area (Å²) in [6.07, 6.45) is 2.38. The van der Waals surface area contributed by atoms with Crippen molar-refractivity contribution in [2.75, 3.05) is 10.6 Å². The predicted molar refractivity (Wildman–Crippen MR) is 121 cm³/mol. The molecule has 1 aromatic heterocycles. The standard InChI is InChI=1S/C24H26N4O3/c1-15(2)14-28-12-11-16-13-17(7-9-21(16)28)25-22(29)10-8-20-24(31)26-19-6-4-3-5-18(19)23(30)27-20/h3-7,9,11-13,15,20H,8,10,14H2,1-2H3,(H,25,29)(H,26,31)(H,27,30)/t20-/m1/s1. The molecule has 0 aliphatic carbocycles. The van der Waals surface area contributed by atoms with Crippen LogP contribution < -0.4 is 16.0 Å². The third kappa shape index (κ3) is 4.60. The Morgan fingerprint density at radius 3 is 2.74 bits per heavy atom. The number of rotatable bonds is 6. The number of para-hydroxylation sites is 1. The lowest BCUT2D eigenvalue weighted by atomic mass is 10.1. The van der Waals surface area contributed by atoms with Crippen molar-refractivity contribution in [1.29, 1.82) is 0 Å². The maximum absolute atomic E-state index is 12.5. The fraction of sp³-hybridized carbons (Fsp3) is 0.292. The molecule has 1 aliphatic heterocycles. The summed E-state index contributed by atoms with van der Waals surface area (Å²) in [6.45, 7) is 5.29. The molecule has 7 heteroatoms. The third-order valence-electron chi connectivity index (χ3n) is 5.33. The minimum atomic E-state index is -0.766. The summed E-state index contributed by atoms with van der Waals surface area (Å²) < 4.78 is 2.21. The minimum absolute atomic E-state index is 0.112. The van der Waals surface area contributed by atoms with E-state index in [1.165, 1.54) is 0 Å². The molecule has 0 saturated heterocycles. The summed E-state index contributed by atoms with van der Waals surface area (Å²) in [5.41, 5.74) is 2.74. The second-order valence-electron chi connectivity index (χ2n) is 8.28. The first-order valence-electron chi connectivity index (χ1n) is 10.5. The maximum atomic E-state index is 12.5. The van der Waals surface area contributed by atoms with E-state index in [0.717, 1.165) is 17.4 Å². The van der Waals surface area contributed by atoms with E-state index in [1.807, 2.05) is 24.3 Å². The van der Waals surface area contributed by atoms with Gasteiger partial charge in [0.2, 0.25) is 11.8 Å². The smallest absolute Gasteiger partial charge is 0.254 e. The van der Waals surface area contributed by atoms with E-state index in [9.17, 15) is 14.4 Å². The highest BCUT2D eigenvalue weighted by molar-refractivity contribution is 6.10. The first-order valence-corrected chi connectivity index (χ1v) is 10.5. The van der Waals surface area contributed by atoms with E-state index in [4.69, 9.17) is 0 Å². The Balaban J connectivity index is 1.37. The summed E-state index contributed by atoms with van der Waals surface area (Å²) in [5, 5.41) is 9.42. The lowest BCUT2D eigenvalue weighted by Crippen LogP contribution is -2.41. The Labute approximate surface area is 180 Å². The molecule has 0 fully saturated rings. The molecule has 1 aliphatic rings. The van der Waals surface area contributed by atoms with E-state index in [0.29, 0.717) is 22.9 Å². The van der Waals surface area contributed by atoms with Gasteiger partial charge in [0.25, 0.3) is 5.91 Å². The van der Waals surface area contributed by atoms with Gasteiger partial charge in [0.15, 0.2) is 0 Å². The Kier molecular flexibility index (Phi) is 5.75. The number of amides is 3. The molecule has 160 valence electrons. The molecular weight excluding hydrogens is 392 g/mol. The zero-order valence-electron chi connectivity index (χ0n) is 17.6. The molecule has 4 rings (SSSR count). The van der Waals surface area contributed by atoms with Gasteiger partial charge in [-0.2, -0.15) is 0 Å². The molecule has 0 spiro atoms. The first-order chi connectivity index (χ1) is 14.9. The second-order valence-corrected chi connectivity index (χ2v) is 8.28. The Morgan fingerprint density at radius 2 is 1.94 bits per heavy atom. The summed E-state index contributed by atoms with van der Waals surface area (Å²) in [5.74, 6) is -0.302. The second kappa shape index (κ2) is 8.63. The fourth-order valence-electron chi connectivity index (χ4n) is 3.84. The van der Waals surface area contributed by atoms with Crippen molar-refractivity contribution >= 4 is 40.0 Å². The van der Waals surface area contributed by atoms with Gasteiger partial charge in [-0.25, -0.2) is 0 Å². The zero-order chi connectivity index (χ0) is 22.0. The molecule has 3 amide bonds. The van der Waals surface area contributed by atoms with Crippen molar-refractivity contribution in [2.24, 2.45) is 5.92 Å². The monoisotopic (exact) mass is 418 g/mol. The molecule has 31 heavy (non-hydrogen) atoms. The van der Waals surface area contributed by atoms with Crippen molar-refractivity contribution in [2.45, 2.75) is 39.3 Å². The number of aromatic nitrogens is 1. The van der Waals surface area contributed by atoms with Gasteiger partial charge in [-0.1, -0.05) is 26.0 Å². The van der Waals surface area contributed by atoms with Crippen LogP contribution in [0.5, 0.6) is 0 Å². The number of fused-ring (bicyclic) bond motifs is 2. The Bertz CT molecular complexity index is 1150. The summed E-state index contributed by atoms with van der Waals surface area (Å²) in [6, 6.07) is 13.9. The number of hydrogen-bond donors (Lipinski definition) is 3. The van der Waals surface area contributed by atoms with Crippen molar-refractivity contribution in [3.63, 3.8) is 0 Å². The highest BCUT2D eigenvalue weighted by atomic mass is 16.2. The van der Waals surface area contributed by atoms with E-state index in [-0.39, 0.29) is 30.6 Å². The zero-order valence-corrected chi connectivity index (χ0v) is 17.6. The van der Waals surface area contributed by atoms with Gasteiger partial charge < -0.3 is 20.5 Å². The van der Waals surface area contributed by atoms with Gasteiger partial charge in [0.1, 0.15) is 6.04 Å². The van der Waals surface area contributed by atoms with Crippen LogP contribution in [0, 0.1) is 5.92 Å². The van der Waals surface area contributed by atoms with E-state index >= 15 is 0 Å². The van der Waals surface area contributed by atoms with Gasteiger partial charge in [0.05, 0.1) is 11.3 Å². The molecule has 1 atom stereocenters. The van der Waals surface area contributed by atoms with Crippen LogP contribution in [0.25, 0.3) is 10.9 Å². The number of anilines is 2. The molecule has 3 N–H and O–H groups in total. The van der Waals surface area contributed by atoms with E-state index < -0.39 is 6.04 Å². The normalized spacial score (nSPS) is 15.9. The lowest BCUT2D eigenvalue weighted by molar-refractivity contribution is -0.118. The Hall–Kier alpha value is -3.61. The summed E-state index contributed by atoms with van der Waals surface area (Å²) in [7, 11) is 0. The molecule has 0 unspecified atom stereocenters. The summed E-state index contributed by atoms with van der Waals surface area (Å²) in [4.78, 5) is 37.3. The molecule has 0 radical (unpaired) electrons. The predicted octanol–water partition coefficient (Wildman–Crippen LogP) is 3.77. The van der Waals surface area contributed by atoms with E-state index in [1.54, 1.807) is 24.3 Å². The fourth-order valence-corrected chi connectivity index (χ4v) is 3.84. The molecule has 2 heterocycles. The molecule has 2 aromatic carbocycles. The Morgan fingerprint density at radius 1 is 1.13 bits per heavy atom. The molecule has 0 saturated carbocycles. The number of hydrogen-bond acceptors (Lipinski definition) is 3. The van der Waals surface area contributed by atoms with Crippen LogP contribution in [0.15, 0.2) is 54.7 Å². The largest absolute Gasteiger partial charge is 0.347 e. The quantitative estimate of drug-likeness (QED) is 0.569. The van der Waals surface area contributed by atoms with E-state index in [2.05, 4.69) is 40.6 Å². The topological polar surface area (TPSA) is 92.2 Å². The highest BCUT2D eigenvalue weighted by Crippen LogP contribution is 2.22. The summed E-state index contributed by atoms with van der Waals surface area (Å²) >= 11 is 0. The third-order valence-corrected chi connectivity index (χ3v) is 5.33. The van der Waals surface area contributed by atoms with Crippen LogP contribution in [0.2, 0.25) is 0 Å². The van der Waals surface area contributed by atoms with Crippen molar-refractivity contribution in [3.8, 4) is 0 Å². The van der Waals surface area contributed by atoms with Gasteiger partial charge >= 0.3 is 0 Å². The van der Waals surface area contributed by atoms with Crippen LogP contribution in [0.4, 0.5) is 11.4 Å². The van der Waals surface area contributed by atoms with Crippen LogP contribution in [-0.4, -0.2) is 28.3 Å². The molecule has 7 nitrogen and oxygen atoms in total. The van der Waals surface area contributed by atoms with Crippen molar-refractivity contribution in [3.05, 3.63) is 60.3 Å². The number of nitrogens with one attached hydrogen (secondary N) is 3. The van der Waals surface area contributed by atoms with Crippen LogP contribution in [0.3, 0.4) is 0 Å². The minimum Gasteiger partial charge on any atom is -0.347 e. The highest BCUT2D eigenvalue weighted by Gasteiger charge is 2.27. The lowest BCUT2D eigenvalue weighted by Gasteiger charge is -2.14. The van der Waals surface area contributed by atoms with Crippen LogP contribution in [0.1, 0.15) is 37.0 Å². The number of nitrogens with zero attached hydrogens (tertiary/aromatic N) is 1. The van der Waals surface area contributed by atoms with Gasteiger partial charge in [0, 0.05) is 35.8 Å². The number of benzene rings is 2. The van der Waals surface area contributed by atoms with Crippen molar-refractivity contribution < 1.29 is 14.4 Å². The van der Waals surface area contributed by atoms with Gasteiger partial charge in [-0.3, -0.25) is 14.4 Å². The maximum Gasteiger partial charge on any atom is 0.254 e. The van der Waals surface area contributed by atoms with Gasteiger partial charge in [-0.15, -0.1) is 0 Å². The first kappa shape index (κ1) is 20.7. The number of carbonyl (C=O) groups is 3. The molecular formula is C24H26N4O3. The molecule has 0 bridgehead atoms. The van der Waals surface area contributed by atoms with Crippen LogP contribution >= 0.6 is 0 Å². The molecule has 3 aromatic rings. The van der Waals surface area contributed by atoms with Crippen molar-refractivity contribution in [1.82, 2.24) is 9.88 Å². The number of carbonyl (C=O) groups excluding carboxylic acids is 3.